The molecule has 0 amide bonds. The molecule has 7 nitrogen and oxygen atoms in total. The van der Waals surface area contributed by atoms with Crippen LogP contribution in [-0.4, -0.2) is 25.1 Å². The molecule has 27 heavy (non-hydrogen) atoms. The van der Waals surface area contributed by atoms with Gasteiger partial charge in [-0.05, 0) is 30.4 Å². The van der Waals surface area contributed by atoms with Gasteiger partial charge in [0.25, 0.3) is 5.69 Å². The Hall–Kier alpha value is -3.23. The van der Waals surface area contributed by atoms with Crippen molar-refractivity contribution in [2.45, 2.75) is 0 Å². The van der Waals surface area contributed by atoms with E-state index >= 15 is 0 Å². The number of imidazole rings is 1. The van der Waals surface area contributed by atoms with Crippen molar-refractivity contribution in [1.29, 1.82) is 0 Å². The van der Waals surface area contributed by atoms with E-state index in [9.17, 15) is 14.9 Å². The first kappa shape index (κ1) is 17.2. The van der Waals surface area contributed by atoms with Crippen molar-refractivity contribution in [1.82, 2.24) is 14.4 Å². The van der Waals surface area contributed by atoms with Crippen molar-refractivity contribution >= 4 is 45.4 Å². The number of nitrogens with one attached hydrogen (secondary N) is 1. The molecule has 0 fully saturated rings. The second kappa shape index (κ2) is 6.82. The van der Waals surface area contributed by atoms with E-state index in [4.69, 9.17) is 11.6 Å². The number of benzene rings is 1. The molecule has 0 spiro atoms. The van der Waals surface area contributed by atoms with Gasteiger partial charge in [0.15, 0.2) is 4.96 Å². The molecule has 0 aliphatic carbocycles. The third-order valence-electron chi connectivity index (χ3n) is 3.97. The van der Waals surface area contributed by atoms with Gasteiger partial charge in [0.2, 0.25) is 5.78 Å². The lowest BCUT2D eigenvalue weighted by Gasteiger charge is -2.02. The van der Waals surface area contributed by atoms with Crippen LogP contribution in [0.5, 0.6) is 0 Å². The van der Waals surface area contributed by atoms with Crippen LogP contribution in [0.4, 0.5) is 5.69 Å². The van der Waals surface area contributed by atoms with Crippen molar-refractivity contribution < 1.29 is 9.72 Å². The van der Waals surface area contributed by atoms with E-state index in [2.05, 4.69) is 9.97 Å². The topological polar surface area (TPSA) is 93.3 Å². The molecule has 0 atom stereocenters. The summed E-state index contributed by atoms with van der Waals surface area (Å²) < 4.78 is 1.83. The molecule has 4 rings (SSSR count). The minimum absolute atomic E-state index is 0.0591. The van der Waals surface area contributed by atoms with Gasteiger partial charge < -0.3 is 4.98 Å². The van der Waals surface area contributed by atoms with Gasteiger partial charge in [0.1, 0.15) is 5.02 Å². The Morgan fingerprint density at radius 1 is 1.37 bits per heavy atom. The summed E-state index contributed by atoms with van der Waals surface area (Å²) in [5.41, 5.74) is 2.03. The lowest BCUT2D eigenvalue weighted by Crippen LogP contribution is -1.95. The largest absolute Gasteiger partial charge is 0.359 e. The maximum Gasteiger partial charge on any atom is 0.288 e. The standard InChI is InChI=1S/C18H11ClN4O3S/c19-12-4-3-11(10-15(12)23(25)26)17-14(22-8-9-27-18(22)21-17)5-6-16(24)13-2-1-7-20-13/h1-10,20H. The molecule has 0 radical (unpaired) electrons. The summed E-state index contributed by atoms with van der Waals surface area (Å²) >= 11 is 7.34. The molecule has 0 aliphatic rings. The van der Waals surface area contributed by atoms with Crippen LogP contribution in [0.15, 0.2) is 54.2 Å². The molecule has 0 unspecified atom stereocenters. The number of nitro benzene ring substituents is 1. The number of halogens is 1. The molecular formula is C18H11ClN4O3S. The van der Waals surface area contributed by atoms with E-state index in [0.717, 1.165) is 4.96 Å². The van der Waals surface area contributed by atoms with E-state index in [1.54, 1.807) is 30.5 Å². The van der Waals surface area contributed by atoms with Crippen LogP contribution in [0.1, 0.15) is 16.2 Å². The zero-order chi connectivity index (χ0) is 19.0. The number of ketones is 1. The molecule has 134 valence electrons. The van der Waals surface area contributed by atoms with E-state index in [-0.39, 0.29) is 16.5 Å². The fourth-order valence-corrected chi connectivity index (χ4v) is 3.61. The van der Waals surface area contributed by atoms with Gasteiger partial charge in [-0.1, -0.05) is 17.7 Å². The highest BCUT2D eigenvalue weighted by Gasteiger charge is 2.18. The Kier molecular flexibility index (Phi) is 4.35. The predicted molar refractivity (Wildman–Crippen MR) is 104 cm³/mol. The van der Waals surface area contributed by atoms with Gasteiger partial charge in [-0.2, -0.15) is 0 Å². The number of thiazole rings is 1. The summed E-state index contributed by atoms with van der Waals surface area (Å²) in [6, 6.07) is 7.97. The number of H-pyrrole nitrogens is 1. The highest BCUT2D eigenvalue weighted by Crippen LogP contribution is 2.33. The molecule has 1 N–H and O–H groups in total. The molecule has 4 aromatic rings. The van der Waals surface area contributed by atoms with Gasteiger partial charge in [0, 0.05) is 29.4 Å². The molecule has 0 bridgehead atoms. The SMILES string of the molecule is O=C(C=Cc1c(-c2ccc(Cl)c([N+](=O)[O-])c2)nc2sccn12)c1ccc[nH]1. The number of aromatic nitrogens is 3. The number of fused-ring (bicyclic) bond motifs is 1. The van der Waals surface area contributed by atoms with Crippen molar-refractivity contribution in [3.8, 4) is 11.3 Å². The Morgan fingerprint density at radius 3 is 2.96 bits per heavy atom. The fraction of sp³-hybridized carbons (Fsp3) is 0. The monoisotopic (exact) mass is 398 g/mol. The highest BCUT2D eigenvalue weighted by atomic mass is 35.5. The number of aromatic amines is 1. The third kappa shape index (κ3) is 3.16. The Morgan fingerprint density at radius 2 is 2.22 bits per heavy atom. The summed E-state index contributed by atoms with van der Waals surface area (Å²) in [4.78, 5) is 31.1. The number of allylic oxidation sites excluding steroid dienone is 1. The van der Waals surface area contributed by atoms with Crippen molar-refractivity contribution in [3.05, 3.63) is 80.7 Å². The van der Waals surface area contributed by atoms with Gasteiger partial charge in [-0.25, -0.2) is 4.98 Å². The van der Waals surface area contributed by atoms with Gasteiger partial charge in [-0.15, -0.1) is 11.3 Å². The Bertz CT molecular complexity index is 1190. The normalized spacial score (nSPS) is 11.4. The van der Waals surface area contributed by atoms with Crippen LogP contribution in [0, 0.1) is 10.1 Å². The smallest absolute Gasteiger partial charge is 0.288 e. The van der Waals surface area contributed by atoms with Crippen LogP contribution in [0.2, 0.25) is 5.02 Å². The molecule has 0 saturated carbocycles. The lowest BCUT2D eigenvalue weighted by atomic mass is 10.1. The van der Waals surface area contributed by atoms with E-state index in [1.807, 2.05) is 16.0 Å². The molecule has 0 aliphatic heterocycles. The first-order valence-corrected chi connectivity index (χ1v) is 9.06. The van der Waals surface area contributed by atoms with Gasteiger partial charge in [-0.3, -0.25) is 19.3 Å². The predicted octanol–water partition coefficient (Wildman–Crippen LogP) is 4.85. The second-order valence-electron chi connectivity index (χ2n) is 5.61. The zero-order valence-corrected chi connectivity index (χ0v) is 15.2. The first-order chi connectivity index (χ1) is 13.0. The fourth-order valence-electron chi connectivity index (χ4n) is 2.70. The van der Waals surface area contributed by atoms with Crippen molar-refractivity contribution in [3.63, 3.8) is 0 Å². The molecular weight excluding hydrogens is 388 g/mol. The third-order valence-corrected chi connectivity index (χ3v) is 5.05. The molecule has 3 aromatic heterocycles. The van der Waals surface area contributed by atoms with Crippen LogP contribution in [0.3, 0.4) is 0 Å². The maximum absolute atomic E-state index is 12.3. The maximum atomic E-state index is 12.3. The minimum atomic E-state index is -0.533. The van der Waals surface area contributed by atoms with Crippen LogP contribution in [-0.2, 0) is 0 Å². The van der Waals surface area contributed by atoms with E-state index < -0.39 is 4.92 Å². The number of rotatable bonds is 5. The van der Waals surface area contributed by atoms with Crippen LogP contribution >= 0.6 is 22.9 Å². The molecule has 0 saturated heterocycles. The number of nitro groups is 1. The lowest BCUT2D eigenvalue weighted by molar-refractivity contribution is -0.384. The van der Waals surface area contributed by atoms with Crippen LogP contribution in [0.25, 0.3) is 22.3 Å². The number of hydrogen-bond donors (Lipinski definition) is 1. The summed E-state index contributed by atoms with van der Waals surface area (Å²) in [7, 11) is 0. The van der Waals surface area contributed by atoms with Gasteiger partial charge in [0.05, 0.1) is 22.0 Å². The minimum Gasteiger partial charge on any atom is -0.359 e. The number of nitrogens with zero attached hydrogens (tertiary/aromatic N) is 3. The summed E-state index contributed by atoms with van der Waals surface area (Å²) in [6.45, 7) is 0. The highest BCUT2D eigenvalue weighted by molar-refractivity contribution is 7.15. The number of carbonyl (C=O) groups excluding carboxylic acids is 1. The van der Waals surface area contributed by atoms with Gasteiger partial charge >= 0.3 is 0 Å². The summed E-state index contributed by atoms with van der Waals surface area (Å²) in [5, 5.41) is 13.1. The quantitative estimate of drug-likeness (QED) is 0.225. The van der Waals surface area contributed by atoms with Crippen LogP contribution < -0.4 is 0 Å². The van der Waals surface area contributed by atoms with E-state index in [0.29, 0.717) is 22.6 Å². The summed E-state index contributed by atoms with van der Waals surface area (Å²) in [6.07, 6.45) is 6.61. The molecule has 1 aromatic carbocycles. The average Bonchev–Trinajstić information content (AvgIpc) is 3.37. The Balaban J connectivity index is 1.82. The van der Waals surface area contributed by atoms with Crippen molar-refractivity contribution in [2.24, 2.45) is 0 Å². The first-order valence-electron chi connectivity index (χ1n) is 7.80. The summed E-state index contributed by atoms with van der Waals surface area (Å²) in [5.74, 6) is -0.182. The van der Waals surface area contributed by atoms with Crippen molar-refractivity contribution in [2.75, 3.05) is 0 Å². The second-order valence-corrected chi connectivity index (χ2v) is 6.89. The zero-order valence-electron chi connectivity index (χ0n) is 13.6. The number of carbonyl (C=O) groups is 1. The van der Waals surface area contributed by atoms with E-state index in [1.165, 1.54) is 29.5 Å². The molecule has 3 heterocycles. The average molecular weight is 399 g/mol. The molecule has 9 heteroatoms. The Labute approximate surface area is 161 Å². The number of hydrogen-bond acceptors (Lipinski definition) is 5.